The quantitative estimate of drug-likeness (QED) is 0.876. The smallest absolute Gasteiger partial charge is 0.270 e. The van der Waals surface area contributed by atoms with Gasteiger partial charge in [-0.15, -0.1) is 0 Å². The second kappa shape index (κ2) is 7.31. The SMILES string of the molecule is O=C(NC1CCC2(CC1)CCN(c1ccccc1Cl)C2=O)c1ccccn1. The zero-order valence-corrected chi connectivity index (χ0v) is 15.8. The largest absolute Gasteiger partial charge is 0.348 e. The van der Waals surface area contributed by atoms with Crippen LogP contribution >= 0.6 is 11.6 Å². The summed E-state index contributed by atoms with van der Waals surface area (Å²) < 4.78 is 0. The highest BCUT2D eigenvalue weighted by molar-refractivity contribution is 6.34. The van der Waals surface area contributed by atoms with Crippen molar-refractivity contribution >= 4 is 29.1 Å². The summed E-state index contributed by atoms with van der Waals surface area (Å²) in [5, 5.41) is 3.67. The third kappa shape index (κ3) is 3.44. The molecule has 2 aromatic rings. The predicted molar refractivity (Wildman–Crippen MR) is 105 cm³/mol. The minimum absolute atomic E-state index is 0.0901. The van der Waals surface area contributed by atoms with Gasteiger partial charge in [0.2, 0.25) is 5.91 Å². The number of halogens is 1. The van der Waals surface area contributed by atoms with E-state index in [1.54, 1.807) is 24.4 Å². The summed E-state index contributed by atoms with van der Waals surface area (Å²) in [5.41, 5.74) is 0.914. The highest BCUT2D eigenvalue weighted by atomic mass is 35.5. The molecule has 1 saturated carbocycles. The lowest BCUT2D eigenvalue weighted by atomic mass is 9.71. The Morgan fingerprint density at radius 2 is 1.85 bits per heavy atom. The van der Waals surface area contributed by atoms with Gasteiger partial charge in [0.1, 0.15) is 5.69 Å². The number of carbonyl (C=O) groups excluding carboxylic acids is 2. The molecule has 1 aromatic heterocycles. The van der Waals surface area contributed by atoms with E-state index in [1.165, 1.54) is 0 Å². The van der Waals surface area contributed by atoms with Crippen molar-refractivity contribution in [2.24, 2.45) is 5.41 Å². The van der Waals surface area contributed by atoms with E-state index in [4.69, 9.17) is 11.6 Å². The van der Waals surface area contributed by atoms with Crippen LogP contribution in [0, 0.1) is 5.41 Å². The number of aromatic nitrogens is 1. The van der Waals surface area contributed by atoms with Crippen LogP contribution in [0.5, 0.6) is 0 Å². The van der Waals surface area contributed by atoms with Crippen LogP contribution in [0.2, 0.25) is 5.02 Å². The molecule has 1 saturated heterocycles. The summed E-state index contributed by atoms with van der Waals surface area (Å²) in [6, 6.07) is 12.9. The minimum atomic E-state index is -0.314. The maximum Gasteiger partial charge on any atom is 0.270 e. The van der Waals surface area contributed by atoms with E-state index < -0.39 is 0 Å². The van der Waals surface area contributed by atoms with E-state index >= 15 is 0 Å². The van der Waals surface area contributed by atoms with Crippen LogP contribution in [0.15, 0.2) is 48.7 Å². The number of anilines is 1. The van der Waals surface area contributed by atoms with Crippen LogP contribution in [-0.2, 0) is 4.79 Å². The lowest BCUT2D eigenvalue weighted by Gasteiger charge is -2.36. The molecule has 1 spiro atoms. The molecule has 1 N–H and O–H groups in total. The Labute approximate surface area is 163 Å². The highest BCUT2D eigenvalue weighted by Crippen LogP contribution is 2.46. The maximum absolute atomic E-state index is 13.2. The van der Waals surface area contributed by atoms with Gasteiger partial charge in [0, 0.05) is 18.8 Å². The Morgan fingerprint density at radius 3 is 2.56 bits per heavy atom. The maximum atomic E-state index is 13.2. The molecule has 1 aliphatic carbocycles. The lowest BCUT2D eigenvalue weighted by molar-refractivity contribution is -0.127. The molecule has 0 atom stereocenters. The molecule has 5 nitrogen and oxygen atoms in total. The van der Waals surface area contributed by atoms with E-state index in [-0.39, 0.29) is 23.3 Å². The fourth-order valence-electron chi connectivity index (χ4n) is 4.26. The summed E-state index contributed by atoms with van der Waals surface area (Å²) in [7, 11) is 0. The summed E-state index contributed by atoms with van der Waals surface area (Å²) >= 11 is 6.29. The number of para-hydroxylation sites is 1. The Balaban J connectivity index is 1.39. The molecule has 0 bridgehead atoms. The Morgan fingerprint density at radius 1 is 1.11 bits per heavy atom. The van der Waals surface area contributed by atoms with Crippen LogP contribution in [-0.4, -0.2) is 29.4 Å². The zero-order chi connectivity index (χ0) is 18.9. The molecule has 6 heteroatoms. The number of nitrogens with zero attached hydrogens (tertiary/aromatic N) is 2. The Kier molecular flexibility index (Phi) is 4.87. The average Bonchev–Trinajstić information content (AvgIpc) is 3.01. The molecular formula is C21H22ClN3O2. The molecule has 2 heterocycles. The molecular weight excluding hydrogens is 362 g/mol. The van der Waals surface area contributed by atoms with Crippen molar-refractivity contribution in [3.8, 4) is 0 Å². The third-order valence-electron chi connectivity index (χ3n) is 5.83. The molecule has 4 rings (SSSR count). The number of rotatable bonds is 3. The predicted octanol–water partition coefficient (Wildman–Crippen LogP) is 3.83. The number of nitrogens with one attached hydrogen (secondary N) is 1. The molecule has 140 valence electrons. The molecule has 2 aliphatic rings. The van der Waals surface area contributed by atoms with E-state index in [0.29, 0.717) is 17.3 Å². The van der Waals surface area contributed by atoms with Crippen LogP contribution in [0.1, 0.15) is 42.6 Å². The van der Waals surface area contributed by atoms with Gasteiger partial charge in [0.05, 0.1) is 16.1 Å². The second-order valence-electron chi connectivity index (χ2n) is 7.40. The first-order valence-corrected chi connectivity index (χ1v) is 9.75. The normalized spacial score (nSPS) is 25.0. The molecule has 1 aliphatic heterocycles. The summed E-state index contributed by atoms with van der Waals surface area (Å²) in [5.74, 6) is 0.0251. The number of hydrogen-bond donors (Lipinski definition) is 1. The molecule has 0 radical (unpaired) electrons. The van der Waals surface area contributed by atoms with Gasteiger partial charge in [-0.1, -0.05) is 29.8 Å². The topological polar surface area (TPSA) is 62.3 Å². The fourth-order valence-corrected chi connectivity index (χ4v) is 4.49. The van der Waals surface area contributed by atoms with Crippen molar-refractivity contribution in [1.29, 1.82) is 0 Å². The highest BCUT2D eigenvalue weighted by Gasteiger charge is 2.49. The first-order chi connectivity index (χ1) is 13.1. The minimum Gasteiger partial charge on any atom is -0.348 e. The van der Waals surface area contributed by atoms with Gasteiger partial charge in [0.25, 0.3) is 5.91 Å². The van der Waals surface area contributed by atoms with Gasteiger partial charge in [-0.05, 0) is 56.4 Å². The van der Waals surface area contributed by atoms with Crippen molar-refractivity contribution in [2.75, 3.05) is 11.4 Å². The van der Waals surface area contributed by atoms with E-state index in [9.17, 15) is 9.59 Å². The van der Waals surface area contributed by atoms with Crippen molar-refractivity contribution in [1.82, 2.24) is 10.3 Å². The van der Waals surface area contributed by atoms with Gasteiger partial charge in [-0.25, -0.2) is 0 Å². The van der Waals surface area contributed by atoms with Gasteiger partial charge in [-0.3, -0.25) is 14.6 Å². The molecule has 1 aromatic carbocycles. The standard InChI is InChI=1S/C21H22ClN3O2/c22-16-5-1-2-7-18(16)25-14-12-21(20(25)27)10-8-15(9-11-21)24-19(26)17-6-3-4-13-23-17/h1-7,13,15H,8-12,14H2,(H,24,26). The zero-order valence-electron chi connectivity index (χ0n) is 15.0. The van der Waals surface area contributed by atoms with Crippen LogP contribution < -0.4 is 10.2 Å². The van der Waals surface area contributed by atoms with Gasteiger partial charge in [-0.2, -0.15) is 0 Å². The molecule has 2 amide bonds. The Hall–Kier alpha value is -2.40. The second-order valence-corrected chi connectivity index (χ2v) is 7.81. The molecule has 0 unspecified atom stereocenters. The number of hydrogen-bond acceptors (Lipinski definition) is 3. The summed E-state index contributed by atoms with van der Waals surface area (Å²) in [4.78, 5) is 31.4. The first kappa shape index (κ1) is 18.0. The van der Waals surface area contributed by atoms with Gasteiger partial charge in [0.15, 0.2) is 0 Å². The van der Waals surface area contributed by atoms with Crippen LogP contribution in [0.25, 0.3) is 0 Å². The van der Waals surface area contributed by atoms with Crippen molar-refractivity contribution in [3.05, 3.63) is 59.4 Å². The van der Waals surface area contributed by atoms with Crippen molar-refractivity contribution in [3.63, 3.8) is 0 Å². The monoisotopic (exact) mass is 383 g/mol. The van der Waals surface area contributed by atoms with Gasteiger partial charge >= 0.3 is 0 Å². The molecule has 2 fully saturated rings. The third-order valence-corrected chi connectivity index (χ3v) is 6.15. The van der Waals surface area contributed by atoms with Gasteiger partial charge < -0.3 is 10.2 Å². The molecule has 27 heavy (non-hydrogen) atoms. The van der Waals surface area contributed by atoms with E-state index in [1.807, 2.05) is 29.2 Å². The Bertz CT molecular complexity index is 848. The van der Waals surface area contributed by atoms with E-state index in [0.717, 1.165) is 37.8 Å². The van der Waals surface area contributed by atoms with Crippen molar-refractivity contribution < 1.29 is 9.59 Å². The number of carbonyl (C=O) groups is 2. The lowest BCUT2D eigenvalue weighted by Crippen LogP contribution is -2.44. The van der Waals surface area contributed by atoms with Crippen LogP contribution in [0.3, 0.4) is 0 Å². The summed E-state index contributed by atoms with van der Waals surface area (Å²) in [6.07, 6.45) is 5.66. The summed E-state index contributed by atoms with van der Waals surface area (Å²) in [6.45, 7) is 0.702. The number of amides is 2. The number of pyridine rings is 1. The number of benzene rings is 1. The average molecular weight is 384 g/mol. The van der Waals surface area contributed by atoms with Crippen LogP contribution in [0.4, 0.5) is 5.69 Å². The van der Waals surface area contributed by atoms with Crippen molar-refractivity contribution in [2.45, 2.75) is 38.1 Å². The van der Waals surface area contributed by atoms with E-state index in [2.05, 4.69) is 10.3 Å². The first-order valence-electron chi connectivity index (χ1n) is 9.37. The fraction of sp³-hybridized carbons (Fsp3) is 0.381.